The summed E-state index contributed by atoms with van der Waals surface area (Å²) in [5.41, 5.74) is 0.241. The van der Waals surface area contributed by atoms with Crippen LogP contribution in [0.3, 0.4) is 0 Å². The fourth-order valence-corrected chi connectivity index (χ4v) is 0.643. The molecular formula is C8H8N2O2. The van der Waals surface area contributed by atoms with Gasteiger partial charge in [0, 0.05) is 18.6 Å². The largest absolute Gasteiger partial charge is 0.464 e. The smallest absolute Gasteiger partial charge is 0.356 e. The molecule has 0 radical (unpaired) electrons. The Labute approximate surface area is 70.0 Å². The molecule has 0 atom stereocenters. The molecule has 1 aliphatic rings. The molecule has 1 heterocycles. The van der Waals surface area contributed by atoms with Crippen LogP contribution in [0, 0.1) is 0 Å². The molecule has 0 amide bonds. The van der Waals surface area contributed by atoms with Gasteiger partial charge >= 0.3 is 5.97 Å². The van der Waals surface area contributed by atoms with E-state index in [1.54, 1.807) is 12.3 Å². The van der Waals surface area contributed by atoms with Gasteiger partial charge in [0.1, 0.15) is 5.71 Å². The van der Waals surface area contributed by atoms with Crippen LogP contribution in [-0.4, -0.2) is 25.0 Å². The van der Waals surface area contributed by atoms with Crippen LogP contribution in [0.1, 0.15) is 0 Å². The van der Waals surface area contributed by atoms with Gasteiger partial charge in [0.15, 0.2) is 0 Å². The van der Waals surface area contributed by atoms with Crippen molar-refractivity contribution in [2.24, 2.45) is 9.98 Å². The second kappa shape index (κ2) is 4.23. The molecule has 4 nitrogen and oxygen atoms in total. The van der Waals surface area contributed by atoms with Crippen LogP contribution >= 0.6 is 0 Å². The summed E-state index contributed by atoms with van der Waals surface area (Å²) in [6.45, 7) is 0. The molecule has 0 fully saturated rings. The first-order chi connectivity index (χ1) is 5.84. The Bertz CT molecular complexity index is 287. The summed E-state index contributed by atoms with van der Waals surface area (Å²) in [4.78, 5) is 18.6. The standard InChI is InChI=1S/C8H8N2O2/c1-12-8(11)7-3-6-9-4-2-5-10-7/h2-6H,1H3/b4-2?,5-2-,6-3-,7-3?,9-4-,9-6?,10-5?,10-7+. The Balaban J connectivity index is 2.82. The number of methoxy groups -OCH3 is 1. The van der Waals surface area contributed by atoms with Gasteiger partial charge in [0.05, 0.1) is 7.11 Å². The van der Waals surface area contributed by atoms with E-state index < -0.39 is 5.97 Å². The number of hydrogen-bond donors (Lipinski definition) is 0. The van der Waals surface area contributed by atoms with E-state index in [0.717, 1.165) is 0 Å². The van der Waals surface area contributed by atoms with Crippen LogP contribution in [0.25, 0.3) is 0 Å². The lowest BCUT2D eigenvalue weighted by atomic mass is 10.3. The molecule has 0 bridgehead atoms. The number of nitrogens with zero attached hydrogens (tertiary/aromatic N) is 2. The van der Waals surface area contributed by atoms with Crippen molar-refractivity contribution >= 4 is 17.9 Å². The lowest BCUT2D eigenvalue weighted by Gasteiger charge is -1.96. The van der Waals surface area contributed by atoms with Gasteiger partial charge in [0.25, 0.3) is 0 Å². The molecular weight excluding hydrogens is 156 g/mol. The molecule has 0 aromatic carbocycles. The molecule has 0 saturated carbocycles. The molecule has 0 aromatic heterocycles. The van der Waals surface area contributed by atoms with E-state index in [9.17, 15) is 4.79 Å². The zero-order valence-corrected chi connectivity index (χ0v) is 6.60. The Hall–Kier alpha value is -1.71. The summed E-state index contributed by atoms with van der Waals surface area (Å²) in [7, 11) is 1.31. The minimum Gasteiger partial charge on any atom is -0.464 e. The highest BCUT2D eigenvalue weighted by Gasteiger charge is 2.06. The van der Waals surface area contributed by atoms with Gasteiger partial charge in [-0.2, -0.15) is 0 Å². The molecule has 0 aliphatic carbocycles. The number of rotatable bonds is 1. The summed E-state index contributed by atoms with van der Waals surface area (Å²) in [5.74, 6) is -0.465. The maximum absolute atomic E-state index is 10.9. The SMILES string of the molecule is COC(=O)C1=N/C=C\C=N/C=C\1. The Morgan fingerprint density at radius 3 is 3.08 bits per heavy atom. The Morgan fingerprint density at radius 1 is 1.50 bits per heavy atom. The average Bonchev–Trinajstić information content (AvgIpc) is 2.02. The van der Waals surface area contributed by atoms with E-state index in [0.29, 0.717) is 0 Å². The monoisotopic (exact) mass is 164 g/mol. The highest BCUT2D eigenvalue weighted by molar-refractivity contribution is 6.41. The number of ether oxygens (including phenoxy) is 1. The molecule has 12 heavy (non-hydrogen) atoms. The van der Waals surface area contributed by atoms with E-state index >= 15 is 0 Å². The summed E-state index contributed by atoms with van der Waals surface area (Å²) >= 11 is 0. The van der Waals surface area contributed by atoms with Crippen molar-refractivity contribution in [1.29, 1.82) is 0 Å². The molecule has 0 spiro atoms. The van der Waals surface area contributed by atoms with Gasteiger partial charge < -0.3 is 4.74 Å². The minimum absolute atomic E-state index is 0.241. The Morgan fingerprint density at radius 2 is 2.33 bits per heavy atom. The molecule has 1 aliphatic heterocycles. The molecule has 4 heteroatoms. The topological polar surface area (TPSA) is 51.0 Å². The highest BCUT2D eigenvalue weighted by Crippen LogP contribution is 1.91. The quantitative estimate of drug-likeness (QED) is 0.536. The third-order valence-electron chi connectivity index (χ3n) is 1.18. The van der Waals surface area contributed by atoms with Crippen molar-refractivity contribution in [3.05, 3.63) is 24.6 Å². The summed E-state index contributed by atoms with van der Waals surface area (Å²) in [6, 6.07) is 0. The molecule has 0 aromatic rings. The van der Waals surface area contributed by atoms with Crippen LogP contribution in [0.2, 0.25) is 0 Å². The van der Waals surface area contributed by atoms with Crippen LogP contribution < -0.4 is 0 Å². The van der Waals surface area contributed by atoms with Crippen molar-refractivity contribution < 1.29 is 9.53 Å². The molecule has 0 saturated heterocycles. The molecule has 0 N–H and O–H groups in total. The first kappa shape index (κ1) is 8.39. The fraction of sp³-hybridized carbons (Fsp3) is 0.125. The first-order valence-electron chi connectivity index (χ1n) is 3.35. The third kappa shape index (κ3) is 2.16. The molecule has 0 unspecified atom stereocenters. The first-order valence-corrected chi connectivity index (χ1v) is 3.35. The predicted octanol–water partition coefficient (Wildman–Crippen LogP) is 0.712. The van der Waals surface area contributed by atoms with E-state index in [1.165, 1.54) is 25.6 Å². The third-order valence-corrected chi connectivity index (χ3v) is 1.18. The Kier molecular flexibility index (Phi) is 2.95. The van der Waals surface area contributed by atoms with Crippen LogP contribution in [0.5, 0.6) is 0 Å². The lowest BCUT2D eigenvalue weighted by molar-refractivity contribution is -0.132. The summed E-state index contributed by atoms with van der Waals surface area (Å²) in [5, 5.41) is 0. The number of carbonyl (C=O) groups excluding carboxylic acids is 1. The maximum Gasteiger partial charge on any atom is 0.356 e. The number of carbonyl (C=O) groups is 1. The van der Waals surface area contributed by atoms with Gasteiger partial charge in [-0.1, -0.05) is 0 Å². The fourth-order valence-electron chi connectivity index (χ4n) is 0.643. The number of esters is 1. The van der Waals surface area contributed by atoms with Gasteiger partial charge in [-0.25, -0.2) is 9.79 Å². The van der Waals surface area contributed by atoms with Gasteiger partial charge in [-0.3, -0.25) is 4.99 Å². The summed E-state index contributed by atoms with van der Waals surface area (Å²) < 4.78 is 4.48. The van der Waals surface area contributed by atoms with E-state index in [4.69, 9.17) is 0 Å². The normalized spacial score (nSPS) is 27.2. The van der Waals surface area contributed by atoms with Crippen molar-refractivity contribution in [2.45, 2.75) is 0 Å². The van der Waals surface area contributed by atoms with Crippen molar-refractivity contribution in [1.82, 2.24) is 0 Å². The lowest BCUT2D eigenvalue weighted by Crippen LogP contribution is -2.12. The zero-order chi connectivity index (χ0) is 8.81. The highest BCUT2D eigenvalue weighted by atomic mass is 16.5. The van der Waals surface area contributed by atoms with Gasteiger partial charge in [-0.15, -0.1) is 0 Å². The number of allylic oxidation sites excluding steroid dienone is 1. The number of aliphatic imine (C=N–C) groups is 2. The molecule has 62 valence electrons. The maximum atomic E-state index is 10.9. The second-order valence-electron chi connectivity index (χ2n) is 1.96. The minimum atomic E-state index is -0.465. The average molecular weight is 164 g/mol. The summed E-state index contributed by atoms with van der Waals surface area (Å²) in [6.07, 6.45) is 7.67. The van der Waals surface area contributed by atoms with Crippen molar-refractivity contribution in [3.63, 3.8) is 0 Å². The van der Waals surface area contributed by atoms with Crippen molar-refractivity contribution in [3.8, 4) is 0 Å². The molecule has 1 rings (SSSR count). The van der Waals surface area contributed by atoms with Crippen LogP contribution in [0.15, 0.2) is 34.5 Å². The van der Waals surface area contributed by atoms with Crippen LogP contribution in [0.4, 0.5) is 0 Å². The van der Waals surface area contributed by atoms with Crippen LogP contribution in [-0.2, 0) is 9.53 Å². The number of hydrogen-bond acceptors (Lipinski definition) is 4. The second-order valence-corrected chi connectivity index (χ2v) is 1.96. The van der Waals surface area contributed by atoms with E-state index in [1.807, 2.05) is 0 Å². The van der Waals surface area contributed by atoms with E-state index in [2.05, 4.69) is 14.7 Å². The van der Waals surface area contributed by atoms with E-state index in [-0.39, 0.29) is 5.71 Å². The van der Waals surface area contributed by atoms with Gasteiger partial charge in [-0.05, 0) is 12.2 Å². The van der Waals surface area contributed by atoms with Gasteiger partial charge in [0.2, 0.25) is 0 Å². The van der Waals surface area contributed by atoms with Crippen molar-refractivity contribution in [2.75, 3.05) is 7.11 Å². The predicted molar refractivity (Wildman–Crippen MR) is 46.2 cm³/mol. The zero-order valence-electron chi connectivity index (χ0n) is 6.60.